The van der Waals surface area contributed by atoms with Crippen LogP contribution in [-0.2, 0) is 26.2 Å². The van der Waals surface area contributed by atoms with E-state index in [-0.39, 0.29) is 29.9 Å². The van der Waals surface area contributed by atoms with Gasteiger partial charge >= 0.3 is 0 Å². The van der Waals surface area contributed by atoms with E-state index >= 15 is 0 Å². The summed E-state index contributed by atoms with van der Waals surface area (Å²) in [5.41, 5.74) is 0.847. The highest BCUT2D eigenvalue weighted by Gasteiger charge is 2.32. The van der Waals surface area contributed by atoms with E-state index < -0.39 is 34.3 Å². The van der Waals surface area contributed by atoms with Gasteiger partial charge < -0.3 is 19.7 Å². The predicted octanol–water partition coefficient (Wildman–Crippen LogP) is 3.09. The maximum absolute atomic E-state index is 13.7. The van der Waals surface area contributed by atoms with Gasteiger partial charge in [-0.25, -0.2) is 12.8 Å². The first-order valence-corrected chi connectivity index (χ1v) is 13.9. The minimum Gasteiger partial charge on any atom is -0.486 e. The van der Waals surface area contributed by atoms with E-state index in [1.165, 1.54) is 42.2 Å². The molecule has 2 aromatic carbocycles. The van der Waals surface area contributed by atoms with Crippen LogP contribution in [0.5, 0.6) is 11.5 Å². The molecule has 2 atom stereocenters. The van der Waals surface area contributed by atoms with Crippen molar-refractivity contribution in [1.29, 1.82) is 0 Å². The summed E-state index contributed by atoms with van der Waals surface area (Å²) < 4.78 is 51.7. The van der Waals surface area contributed by atoms with Crippen molar-refractivity contribution in [2.75, 3.05) is 29.8 Å². The number of nitrogens with one attached hydrogen (secondary N) is 1. The fourth-order valence-corrected chi connectivity index (χ4v) is 4.80. The summed E-state index contributed by atoms with van der Waals surface area (Å²) >= 11 is 0. The van der Waals surface area contributed by atoms with Gasteiger partial charge in [0.2, 0.25) is 21.8 Å². The highest BCUT2D eigenvalue weighted by atomic mass is 32.2. The lowest BCUT2D eigenvalue weighted by Crippen LogP contribution is -2.52. The van der Waals surface area contributed by atoms with Gasteiger partial charge in [-0.2, -0.15) is 0 Å². The Morgan fingerprint density at radius 1 is 1.03 bits per heavy atom. The van der Waals surface area contributed by atoms with Gasteiger partial charge in [0, 0.05) is 18.7 Å². The first-order chi connectivity index (χ1) is 17.6. The molecule has 1 N–H and O–H groups in total. The van der Waals surface area contributed by atoms with Crippen LogP contribution in [0.15, 0.2) is 42.5 Å². The van der Waals surface area contributed by atoms with E-state index in [1.807, 2.05) is 13.8 Å². The normalized spacial score (nSPS) is 14.4. The number of sulfonamides is 1. The fraction of sp³-hybridized carbons (Fsp3) is 0.462. The van der Waals surface area contributed by atoms with Gasteiger partial charge in [-0.3, -0.25) is 13.9 Å². The van der Waals surface area contributed by atoms with Gasteiger partial charge in [0.15, 0.2) is 11.5 Å². The number of nitrogens with zero attached hydrogens (tertiary/aromatic N) is 2. The van der Waals surface area contributed by atoms with Crippen LogP contribution in [0.1, 0.15) is 39.7 Å². The molecular formula is C26H34FN3O6S. The Labute approximate surface area is 217 Å². The summed E-state index contributed by atoms with van der Waals surface area (Å²) in [4.78, 5) is 27.9. The molecule has 202 valence electrons. The molecule has 1 heterocycles. The Kier molecular flexibility index (Phi) is 9.36. The lowest BCUT2D eigenvalue weighted by Gasteiger charge is -2.32. The van der Waals surface area contributed by atoms with Crippen LogP contribution in [0.4, 0.5) is 10.1 Å². The fourth-order valence-electron chi connectivity index (χ4n) is 3.74. The van der Waals surface area contributed by atoms with Crippen LogP contribution < -0.4 is 19.1 Å². The summed E-state index contributed by atoms with van der Waals surface area (Å²) in [5.74, 6) is -0.739. The van der Waals surface area contributed by atoms with E-state index in [0.717, 1.165) is 4.31 Å². The molecule has 0 bridgehead atoms. The SMILES string of the molecule is CC[C@@H](C)NC(=O)[C@@H](C)N(Cc1ccc(F)cc1)C(=O)CN(c1ccc2c(c1)OCCO2)S(=O)(=O)CC. The number of carbonyl (C=O) groups is 2. The number of carbonyl (C=O) groups excluding carboxylic acids is 2. The second-order valence-electron chi connectivity index (χ2n) is 8.88. The Morgan fingerprint density at radius 3 is 2.30 bits per heavy atom. The van der Waals surface area contributed by atoms with Crippen molar-refractivity contribution < 1.29 is 31.9 Å². The number of hydrogen-bond acceptors (Lipinski definition) is 6. The van der Waals surface area contributed by atoms with E-state index in [4.69, 9.17) is 9.47 Å². The van der Waals surface area contributed by atoms with Gasteiger partial charge in [-0.1, -0.05) is 19.1 Å². The third kappa shape index (κ3) is 7.12. The van der Waals surface area contributed by atoms with Crippen molar-refractivity contribution in [3.63, 3.8) is 0 Å². The van der Waals surface area contributed by atoms with Crippen LogP contribution in [0.25, 0.3) is 0 Å². The number of benzene rings is 2. The van der Waals surface area contributed by atoms with Crippen molar-refractivity contribution in [2.24, 2.45) is 0 Å². The number of anilines is 1. The van der Waals surface area contributed by atoms with E-state index in [1.54, 1.807) is 19.1 Å². The molecule has 1 aliphatic rings. The topological polar surface area (TPSA) is 105 Å². The Morgan fingerprint density at radius 2 is 1.68 bits per heavy atom. The molecule has 11 heteroatoms. The average molecular weight is 536 g/mol. The lowest BCUT2D eigenvalue weighted by molar-refractivity contribution is -0.139. The van der Waals surface area contributed by atoms with Crippen molar-refractivity contribution in [2.45, 2.75) is 52.7 Å². The summed E-state index contributed by atoms with van der Waals surface area (Å²) in [6.45, 7) is 7.03. The summed E-state index contributed by atoms with van der Waals surface area (Å²) in [5, 5.41) is 2.87. The second kappa shape index (κ2) is 12.3. The summed E-state index contributed by atoms with van der Waals surface area (Å²) in [6.07, 6.45) is 0.705. The molecule has 0 aliphatic carbocycles. The molecule has 0 aromatic heterocycles. The molecule has 1 aliphatic heterocycles. The molecule has 2 amide bonds. The highest BCUT2D eigenvalue weighted by molar-refractivity contribution is 7.92. The zero-order chi connectivity index (χ0) is 27.2. The first kappa shape index (κ1) is 28.2. The molecule has 37 heavy (non-hydrogen) atoms. The first-order valence-electron chi connectivity index (χ1n) is 12.3. The van der Waals surface area contributed by atoms with Crippen LogP contribution in [0, 0.1) is 5.82 Å². The van der Waals surface area contributed by atoms with E-state index in [0.29, 0.717) is 36.7 Å². The quantitative estimate of drug-likeness (QED) is 0.474. The summed E-state index contributed by atoms with van der Waals surface area (Å²) in [7, 11) is -3.88. The zero-order valence-corrected chi connectivity index (χ0v) is 22.4. The molecule has 0 saturated heterocycles. The number of fused-ring (bicyclic) bond motifs is 1. The number of halogens is 1. The van der Waals surface area contributed by atoms with Gasteiger partial charge in [0.1, 0.15) is 31.6 Å². The van der Waals surface area contributed by atoms with E-state index in [2.05, 4.69) is 5.32 Å². The molecule has 0 unspecified atom stereocenters. The monoisotopic (exact) mass is 535 g/mol. The van der Waals surface area contributed by atoms with Crippen molar-refractivity contribution in [3.05, 3.63) is 53.8 Å². The number of amides is 2. The minimum atomic E-state index is -3.88. The molecular weight excluding hydrogens is 501 g/mol. The number of rotatable bonds is 11. The predicted molar refractivity (Wildman–Crippen MR) is 139 cm³/mol. The lowest BCUT2D eigenvalue weighted by atomic mass is 10.1. The van der Waals surface area contributed by atoms with Crippen molar-refractivity contribution in [3.8, 4) is 11.5 Å². The van der Waals surface area contributed by atoms with Gasteiger partial charge in [-0.05, 0) is 57.0 Å². The molecule has 0 radical (unpaired) electrons. The van der Waals surface area contributed by atoms with Crippen LogP contribution in [0.3, 0.4) is 0 Å². The smallest absolute Gasteiger partial charge is 0.244 e. The van der Waals surface area contributed by atoms with Crippen molar-refractivity contribution >= 4 is 27.5 Å². The molecule has 0 saturated carbocycles. The largest absolute Gasteiger partial charge is 0.486 e. The third-order valence-corrected chi connectivity index (χ3v) is 7.97. The third-order valence-electron chi connectivity index (χ3n) is 6.23. The maximum Gasteiger partial charge on any atom is 0.244 e. The van der Waals surface area contributed by atoms with Gasteiger partial charge in [0.05, 0.1) is 11.4 Å². The molecule has 3 rings (SSSR count). The maximum atomic E-state index is 13.7. The Hall–Kier alpha value is -3.34. The Bertz CT molecular complexity index is 1210. The van der Waals surface area contributed by atoms with E-state index in [9.17, 15) is 22.4 Å². The van der Waals surface area contributed by atoms with Gasteiger partial charge in [0.25, 0.3) is 0 Å². The summed E-state index contributed by atoms with van der Waals surface area (Å²) in [6, 6.07) is 9.26. The molecule has 0 fully saturated rings. The van der Waals surface area contributed by atoms with Gasteiger partial charge in [-0.15, -0.1) is 0 Å². The van der Waals surface area contributed by atoms with Crippen molar-refractivity contribution in [1.82, 2.24) is 10.2 Å². The minimum absolute atomic E-state index is 0.00461. The number of ether oxygens (including phenoxy) is 2. The molecule has 0 spiro atoms. The molecule has 9 nitrogen and oxygen atoms in total. The van der Waals surface area contributed by atoms with Crippen LogP contribution >= 0.6 is 0 Å². The second-order valence-corrected chi connectivity index (χ2v) is 11.1. The number of hydrogen-bond donors (Lipinski definition) is 1. The standard InChI is InChI=1S/C26H34FN3O6S/c1-5-18(3)28-26(32)19(4)29(16-20-7-9-21(27)10-8-20)25(31)17-30(37(33,34)6-2)22-11-12-23-24(15-22)36-14-13-35-23/h7-12,15,18-19H,5-6,13-14,16-17H2,1-4H3,(H,28,32)/t18-,19-/m1/s1. The molecule has 2 aromatic rings. The zero-order valence-electron chi connectivity index (χ0n) is 21.6. The van der Waals surface area contributed by atoms with Crippen LogP contribution in [-0.4, -0.2) is 62.7 Å². The highest BCUT2D eigenvalue weighted by Crippen LogP contribution is 2.35. The van der Waals surface area contributed by atoms with Crippen LogP contribution in [0.2, 0.25) is 0 Å². The Balaban J connectivity index is 1.94. The average Bonchev–Trinajstić information content (AvgIpc) is 2.90.